The van der Waals surface area contributed by atoms with Crippen LogP contribution >= 0.6 is 0 Å². The van der Waals surface area contributed by atoms with Crippen LogP contribution in [-0.4, -0.2) is 0 Å². The van der Waals surface area contributed by atoms with Gasteiger partial charge in [-0.1, -0.05) is 44.6 Å². The van der Waals surface area contributed by atoms with Crippen LogP contribution in [0.4, 0.5) is 0 Å². The van der Waals surface area contributed by atoms with Crippen molar-refractivity contribution >= 4 is 0 Å². The van der Waals surface area contributed by atoms with E-state index in [-0.39, 0.29) is 47.4 Å². The van der Waals surface area contributed by atoms with Crippen molar-refractivity contribution < 1.29 is 2.85 Å². The van der Waals surface area contributed by atoms with Gasteiger partial charge in [-0.05, 0) is 0 Å². The molecule has 0 heterocycles. The average Bonchev–Trinajstić information content (AvgIpc) is 0. The summed E-state index contributed by atoms with van der Waals surface area (Å²) in [5, 5.41) is 0. The zero-order valence-corrected chi connectivity index (χ0v) is 0. The minimum Gasteiger partial charge on any atom is -0.0776 e. The fourth-order valence-corrected chi connectivity index (χ4v) is 0. The predicted molar refractivity (Wildman–Crippen MR) is 44.6 cm³/mol. The van der Waals surface area contributed by atoms with Crippen LogP contribution < -0.4 is 0 Å². The van der Waals surface area contributed by atoms with E-state index < -0.39 is 0 Å². The molecule has 0 aromatic carbocycles. The van der Waals surface area contributed by atoms with E-state index >= 15 is 0 Å². The summed E-state index contributed by atoms with van der Waals surface area (Å²) in [5.41, 5.74) is 0. The van der Waals surface area contributed by atoms with Crippen molar-refractivity contribution in [2.75, 3.05) is 0 Å². The van der Waals surface area contributed by atoms with E-state index in [4.69, 9.17) is 0 Å². The first-order valence-corrected chi connectivity index (χ1v) is 0. The Morgan fingerprint density at radius 1 is 0.333 bits per heavy atom. The SMILES string of the molecule is C.C.C.C.C.C.[HH].[HH]. The van der Waals surface area contributed by atoms with E-state index in [1.54, 1.807) is 0 Å². The first-order chi connectivity index (χ1) is 0. The van der Waals surface area contributed by atoms with Crippen LogP contribution in [0.5, 0.6) is 0 Å². The Hall–Kier alpha value is 0. The van der Waals surface area contributed by atoms with Crippen LogP contribution in [0.1, 0.15) is 47.4 Å². The lowest BCUT2D eigenvalue weighted by atomic mass is 12.0. The second-order valence-corrected chi connectivity index (χ2v) is 0. The topological polar surface area (TPSA) is 0 Å². The Labute approximate surface area is 48.6 Å². The maximum atomic E-state index is 0. The van der Waals surface area contributed by atoms with E-state index in [0.717, 1.165) is 0 Å². The monoisotopic (exact) mass is 100 g/mol. The third-order valence-corrected chi connectivity index (χ3v) is 0. The van der Waals surface area contributed by atoms with Gasteiger partial charge in [0, 0.05) is 2.85 Å². The molecule has 0 aliphatic carbocycles. The highest BCUT2D eigenvalue weighted by molar-refractivity contribution is 2.51. The molecule has 0 amide bonds. The first-order valence-electron chi connectivity index (χ1n) is 0. The molecule has 0 aliphatic heterocycles. The Balaban J connectivity index is 0. The summed E-state index contributed by atoms with van der Waals surface area (Å²) in [6.07, 6.45) is 0. The molecule has 0 nitrogen and oxygen atoms in total. The third kappa shape index (κ3) is 0. The molecule has 0 saturated heterocycles. The van der Waals surface area contributed by atoms with E-state index in [9.17, 15) is 0 Å². The second kappa shape index (κ2) is 0. The summed E-state index contributed by atoms with van der Waals surface area (Å²) in [7, 11) is 0. The third-order valence-electron chi connectivity index (χ3n) is 0. The normalized spacial score (nSPS) is 0. The second-order valence-electron chi connectivity index (χ2n) is 0. The summed E-state index contributed by atoms with van der Waals surface area (Å²) in [6, 6.07) is 0. The van der Waals surface area contributed by atoms with E-state index in [1.165, 1.54) is 0 Å². The van der Waals surface area contributed by atoms with E-state index in [2.05, 4.69) is 0 Å². The highest BCUT2D eigenvalue weighted by atomic mass is 12.0. The van der Waals surface area contributed by atoms with Crippen molar-refractivity contribution in [2.45, 2.75) is 44.6 Å². The highest BCUT2D eigenvalue weighted by Crippen LogP contribution is 0.149. The Morgan fingerprint density at radius 3 is 0.333 bits per heavy atom. The molecule has 0 atom stereocenters. The summed E-state index contributed by atoms with van der Waals surface area (Å²) >= 11 is 0. The zero-order chi connectivity index (χ0) is 0. The van der Waals surface area contributed by atoms with Gasteiger partial charge in [0.05, 0.1) is 0 Å². The van der Waals surface area contributed by atoms with Gasteiger partial charge in [0.25, 0.3) is 0 Å². The molecule has 0 spiro atoms. The van der Waals surface area contributed by atoms with Gasteiger partial charge in [-0.25, -0.2) is 0 Å². The minimum absolute atomic E-state index is 0. The first kappa shape index (κ1) is 0. The summed E-state index contributed by atoms with van der Waals surface area (Å²) in [4.78, 5) is 0. The van der Waals surface area contributed by atoms with E-state index in [0.29, 0.717) is 0 Å². The van der Waals surface area contributed by atoms with Crippen molar-refractivity contribution in [3.8, 4) is 0 Å². The molecule has 0 rings (SSSR count). The molecule has 0 radical (unpaired) electrons. The number of hydrogen-bond acceptors (Lipinski definition) is 0. The predicted octanol–water partition coefficient (Wildman–Crippen LogP) is 4.31. The molecule has 0 unspecified atom stereocenters. The van der Waals surface area contributed by atoms with E-state index in [1.807, 2.05) is 0 Å². The average molecular weight is 100 g/mol. The maximum absolute atomic E-state index is 0. The van der Waals surface area contributed by atoms with Gasteiger partial charge in [0.2, 0.25) is 0 Å². The Kier molecular flexibility index (Phi) is 0. The lowest BCUT2D eigenvalue weighted by molar-refractivity contribution is 2.50. The van der Waals surface area contributed by atoms with Crippen molar-refractivity contribution in [2.24, 2.45) is 0 Å². The smallest absolute Gasteiger partial charge is 0 e. The summed E-state index contributed by atoms with van der Waals surface area (Å²) in [6.45, 7) is 0. The van der Waals surface area contributed by atoms with Gasteiger partial charge in [-0.3, -0.25) is 0 Å². The van der Waals surface area contributed by atoms with Gasteiger partial charge < -0.3 is 0 Å². The molecular weight excluding hydrogens is 72.1 g/mol. The van der Waals surface area contributed by atoms with Crippen LogP contribution in [0, 0.1) is 0 Å². The molecule has 52 valence electrons. The Bertz CT molecular complexity index is 6.49. The van der Waals surface area contributed by atoms with Crippen LogP contribution in [0.3, 0.4) is 0 Å². The molecule has 0 fully saturated rings. The van der Waals surface area contributed by atoms with Crippen LogP contribution in [0.15, 0.2) is 0 Å². The van der Waals surface area contributed by atoms with Crippen molar-refractivity contribution in [1.82, 2.24) is 0 Å². The molecule has 0 aliphatic rings. The molecular formula is C6H28. The van der Waals surface area contributed by atoms with Crippen molar-refractivity contribution in [3.63, 3.8) is 0 Å². The molecule has 0 aromatic heterocycles. The molecule has 6 heavy (non-hydrogen) atoms. The standard InChI is InChI=1S/6CH4.2H2/h6*1H4;2*1H. The summed E-state index contributed by atoms with van der Waals surface area (Å²) in [5.74, 6) is 0. The van der Waals surface area contributed by atoms with Gasteiger partial charge in [0.1, 0.15) is 0 Å². The molecule has 0 heteroatoms. The summed E-state index contributed by atoms with van der Waals surface area (Å²) < 4.78 is 0. The minimum atomic E-state index is 0. The lowest BCUT2D eigenvalue weighted by Crippen LogP contribution is 0.143. The van der Waals surface area contributed by atoms with Gasteiger partial charge in [-0.2, -0.15) is 0 Å². The van der Waals surface area contributed by atoms with Crippen molar-refractivity contribution in [1.29, 1.82) is 0 Å². The van der Waals surface area contributed by atoms with Crippen LogP contribution in [-0.2, 0) is 0 Å². The molecule has 0 saturated carbocycles. The van der Waals surface area contributed by atoms with Crippen LogP contribution in [0.25, 0.3) is 0 Å². The fourth-order valence-electron chi connectivity index (χ4n) is 0. The highest BCUT2D eigenvalue weighted by Gasteiger charge is -0.0726. The lowest BCUT2D eigenvalue weighted by Gasteiger charge is -0.0786. The van der Waals surface area contributed by atoms with Gasteiger partial charge in [-0.15, -0.1) is 0 Å². The Morgan fingerprint density at radius 2 is 0.333 bits per heavy atom. The number of rotatable bonds is 0. The molecule has 0 aromatic rings. The quantitative estimate of drug-likeness (QED) is 0.425. The van der Waals surface area contributed by atoms with Gasteiger partial charge in [0.15, 0.2) is 0 Å². The number of hydrogen-bond donors (Lipinski definition) is 0. The zero-order valence-electron chi connectivity index (χ0n) is 0. The molecule has 0 N–H and O–H groups in total. The maximum Gasteiger partial charge on any atom is 0 e. The molecule has 0 bridgehead atoms. The fraction of sp³-hybridized carbons (Fsp3) is 1.00. The van der Waals surface area contributed by atoms with Gasteiger partial charge >= 0.3 is 0 Å². The van der Waals surface area contributed by atoms with Crippen molar-refractivity contribution in [3.05, 3.63) is 0 Å². The largest absolute Gasteiger partial charge is 0.0776 e. The van der Waals surface area contributed by atoms with Crippen LogP contribution in [0.2, 0.25) is 0 Å².